The van der Waals surface area contributed by atoms with Gasteiger partial charge < -0.3 is 10.1 Å². The number of sulfonamides is 1. The predicted molar refractivity (Wildman–Crippen MR) is 133 cm³/mol. The Kier molecular flexibility index (Phi) is 7.41. The molecule has 0 saturated heterocycles. The van der Waals surface area contributed by atoms with Crippen LogP contribution in [0.1, 0.15) is 32.6 Å². The van der Waals surface area contributed by atoms with Gasteiger partial charge in [-0.05, 0) is 74.7 Å². The molecule has 0 aliphatic carbocycles. The number of rotatable bonds is 7. The van der Waals surface area contributed by atoms with Crippen LogP contribution in [0.5, 0.6) is 0 Å². The zero-order valence-electron chi connectivity index (χ0n) is 19.9. The number of carbonyl (C=O) groups is 2. The molecule has 0 saturated carbocycles. The number of nitrogens with one attached hydrogen (secondary N) is 1. The van der Waals surface area contributed by atoms with E-state index in [1.54, 1.807) is 44.2 Å². The smallest absolute Gasteiger partial charge is 0.337 e. The summed E-state index contributed by atoms with van der Waals surface area (Å²) in [7, 11) is -2.76. The fourth-order valence-corrected chi connectivity index (χ4v) is 4.92. The van der Waals surface area contributed by atoms with E-state index in [9.17, 15) is 18.0 Å². The first kappa shape index (κ1) is 25.0. The van der Waals surface area contributed by atoms with Crippen molar-refractivity contribution in [3.05, 3.63) is 88.5 Å². The maximum Gasteiger partial charge on any atom is 0.337 e. The van der Waals surface area contributed by atoms with E-state index in [4.69, 9.17) is 4.74 Å². The molecular weight excluding hydrogens is 452 g/mol. The molecule has 3 rings (SSSR count). The summed E-state index contributed by atoms with van der Waals surface area (Å²) in [6.07, 6.45) is 0. The van der Waals surface area contributed by atoms with E-state index < -0.39 is 28.4 Å². The van der Waals surface area contributed by atoms with Gasteiger partial charge in [0.05, 0.1) is 23.3 Å². The Balaban J connectivity index is 2.00. The summed E-state index contributed by atoms with van der Waals surface area (Å²) in [4.78, 5) is 25.1. The van der Waals surface area contributed by atoms with Crippen LogP contribution in [0.3, 0.4) is 0 Å². The van der Waals surface area contributed by atoms with Crippen LogP contribution in [0, 0.1) is 27.7 Å². The number of hydrogen-bond donors (Lipinski definition) is 1. The topological polar surface area (TPSA) is 92.8 Å². The fraction of sp³-hybridized carbons (Fsp3) is 0.231. The number of anilines is 2. The number of nitrogens with zero attached hydrogens (tertiary/aromatic N) is 1. The van der Waals surface area contributed by atoms with Crippen LogP contribution in [0.15, 0.2) is 65.6 Å². The van der Waals surface area contributed by atoms with Gasteiger partial charge in [-0.1, -0.05) is 35.9 Å². The monoisotopic (exact) mass is 480 g/mol. The van der Waals surface area contributed by atoms with E-state index in [0.717, 1.165) is 26.6 Å². The molecule has 0 bridgehead atoms. The molecule has 0 spiro atoms. The Hall–Kier alpha value is -3.65. The van der Waals surface area contributed by atoms with Gasteiger partial charge in [-0.25, -0.2) is 13.2 Å². The van der Waals surface area contributed by atoms with Crippen LogP contribution in [-0.2, 0) is 19.6 Å². The molecule has 0 atom stereocenters. The summed E-state index contributed by atoms with van der Waals surface area (Å²) in [5.74, 6) is -1.07. The van der Waals surface area contributed by atoms with E-state index >= 15 is 0 Å². The van der Waals surface area contributed by atoms with Crippen molar-refractivity contribution in [1.29, 1.82) is 0 Å². The van der Waals surface area contributed by atoms with E-state index in [0.29, 0.717) is 11.4 Å². The molecule has 3 aromatic carbocycles. The second-order valence-corrected chi connectivity index (χ2v) is 10.0. The van der Waals surface area contributed by atoms with Crippen molar-refractivity contribution in [2.24, 2.45) is 0 Å². The number of amides is 1. The minimum atomic E-state index is -4.03. The maximum atomic E-state index is 13.6. The lowest BCUT2D eigenvalue weighted by molar-refractivity contribution is -0.114. The summed E-state index contributed by atoms with van der Waals surface area (Å²) < 4.78 is 33.1. The van der Waals surface area contributed by atoms with Crippen molar-refractivity contribution < 1.29 is 22.7 Å². The van der Waals surface area contributed by atoms with Crippen molar-refractivity contribution in [2.75, 3.05) is 23.3 Å². The molecule has 0 fully saturated rings. The molecule has 0 aliphatic rings. The standard InChI is InChI=1S/C26H28N2O5S/c1-17-7-12-22(13-8-17)34(31,32)28(24-14-18(2)6-9-20(24)4)16-25(29)27-23-15-21(26(30)33-5)11-10-19(23)3/h6-15H,16H2,1-5H3,(H,27,29). The van der Waals surface area contributed by atoms with Crippen molar-refractivity contribution in [2.45, 2.75) is 32.6 Å². The lowest BCUT2D eigenvalue weighted by atomic mass is 10.1. The van der Waals surface area contributed by atoms with Gasteiger partial charge in [0.15, 0.2) is 0 Å². The van der Waals surface area contributed by atoms with Gasteiger partial charge in [0.25, 0.3) is 10.0 Å². The summed E-state index contributed by atoms with van der Waals surface area (Å²) in [5.41, 5.74) is 4.35. The quantitative estimate of drug-likeness (QED) is 0.501. The Bertz CT molecular complexity index is 1330. The highest BCUT2D eigenvalue weighted by Crippen LogP contribution is 2.28. The van der Waals surface area contributed by atoms with Gasteiger partial charge in [-0.15, -0.1) is 0 Å². The molecule has 34 heavy (non-hydrogen) atoms. The van der Waals surface area contributed by atoms with Crippen LogP contribution >= 0.6 is 0 Å². The van der Waals surface area contributed by atoms with Crippen LogP contribution in [0.2, 0.25) is 0 Å². The second-order valence-electron chi connectivity index (χ2n) is 8.18. The summed E-state index contributed by atoms with van der Waals surface area (Å²) >= 11 is 0. The van der Waals surface area contributed by atoms with Gasteiger partial charge in [0, 0.05) is 5.69 Å². The molecule has 1 amide bonds. The lowest BCUT2D eigenvalue weighted by Gasteiger charge is -2.26. The van der Waals surface area contributed by atoms with Crippen molar-refractivity contribution >= 4 is 33.3 Å². The molecule has 0 aromatic heterocycles. The molecule has 0 heterocycles. The summed E-state index contributed by atoms with van der Waals surface area (Å²) in [6.45, 7) is 6.87. The minimum Gasteiger partial charge on any atom is -0.465 e. The first-order valence-electron chi connectivity index (χ1n) is 10.7. The number of benzene rings is 3. The third kappa shape index (κ3) is 5.46. The molecule has 1 N–H and O–H groups in total. The SMILES string of the molecule is COC(=O)c1ccc(C)c(NC(=O)CN(c2cc(C)ccc2C)S(=O)(=O)c2ccc(C)cc2)c1. The van der Waals surface area contributed by atoms with Crippen LogP contribution in [0.4, 0.5) is 11.4 Å². The summed E-state index contributed by atoms with van der Waals surface area (Å²) in [6, 6.07) is 16.8. The van der Waals surface area contributed by atoms with Gasteiger partial charge >= 0.3 is 5.97 Å². The highest BCUT2D eigenvalue weighted by atomic mass is 32.2. The number of methoxy groups -OCH3 is 1. The van der Waals surface area contributed by atoms with Crippen molar-refractivity contribution in [1.82, 2.24) is 0 Å². The maximum absolute atomic E-state index is 13.6. The highest BCUT2D eigenvalue weighted by molar-refractivity contribution is 7.92. The first-order valence-corrected chi connectivity index (χ1v) is 12.1. The molecule has 0 aliphatic heterocycles. The zero-order valence-corrected chi connectivity index (χ0v) is 20.7. The Morgan fingerprint density at radius 3 is 2.12 bits per heavy atom. The molecule has 7 nitrogen and oxygen atoms in total. The van der Waals surface area contributed by atoms with Gasteiger partial charge in [0.2, 0.25) is 5.91 Å². The number of hydrogen-bond acceptors (Lipinski definition) is 5. The van der Waals surface area contributed by atoms with E-state index in [1.807, 2.05) is 26.0 Å². The average Bonchev–Trinajstić information content (AvgIpc) is 2.80. The third-order valence-electron chi connectivity index (χ3n) is 5.46. The molecule has 3 aromatic rings. The second kappa shape index (κ2) is 10.1. The van der Waals surface area contributed by atoms with Crippen LogP contribution in [-0.4, -0.2) is 33.9 Å². The van der Waals surface area contributed by atoms with Crippen molar-refractivity contribution in [3.8, 4) is 0 Å². The van der Waals surface area contributed by atoms with Gasteiger partial charge in [-0.2, -0.15) is 0 Å². The Labute approximate surface area is 200 Å². The lowest BCUT2D eigenvalue weighted by Crippen LogP contribution is -2.38. The number of carbonyl (C=O) groups excluding carboxylic acids is 2. The third-order valence-corrected chi connectivity index (χ3v) is 7.24. The molecule has 178 valence electrons. The van der Waals surface area contributed by atoms with Gasteiger partial charge in [-0.3, -0.25) is 9.10 Å². The Morgan fingerprint density at radius 2 is 1.47 bits per heavy atom. The number of aryl methyl sites for hydroxylation is 4. The molecular formula is C26H28N2O5S. The number of ether oxygens (including phenoxy) is 1. The van der Waals surface area contributed by atoms with E-state index in [1.165, 1.54) is 25.3 Å². The molecule has 0 radical (unpaired) electrons. The van der Waals surface area contributed by atoms with E-state index in [2.05, 4.69) is 5.32 Å². The predicted octanol–water partition coefficient (Wildman–Crippen LogP) is 4.54. The highest BCUT2D eigenvalue weighted by Gasteiger charge is 2.28. The largest absolute Gasteiger partial charge is 0.465 e. The minimum absolute atomic E-state index is 0.0932. The molecule has 0 unspecified atom stereocenters. The van der Waals surface area contributed by atoms with Crippen LogP contribution in [0.25, 0.3) is 0 Å². The first-order chi connectivity index (χ1) is 16.0. The average molecular weight is 481 g/mol. The fourth-order valence-electron chi connectivity index (χ4n) is 3.45. The summed E-state index contributed by atoms with van der Waals surface area (Å²) in [5, 5.41) is 2.74. The van der Waals surface area contributed by atoms with Crippen LogP contribution < -0.4 is 9.62 Å². The Morgan fingerprint density at radius 1 is 0.853 bits per heavy atom. The van der Waals surface area contributed by atoms with E-state index in [-0.39, 0.29) is 10.5 Å². The zero-order chi connectivity index (χ0) is 25.0. The normalized spacial score (nSPS) is 11.1. The van der Waals surface area contributed by atoms with Gasteiger partial charge in [0.1, 0.15) is 6.54 Å². The molecule has 8 heteroatoms. The van der Waals surface area contributed by atoms with Crippen molar-refractivity contribution in [3.63, 3.8) is 0 Å². The number of esters is 1.